The third-order valence-electron chi connectivity index (χ3n) is 8.95. The lowest BCUT2D eigenvalue weighted by molar-refractivity contribution is 0.141. The van der Waals surface area contributed by atoms with Crippen molar-refractivity contribution in [1.29, 1.82) is 0 Å². The lowest BCUT2D eigenvalue weighted by atomic mass is 10.2. The topological polar surface area (TPSA) is 185 Å². The SMILES string of the molecule is C.C.CC(=S)NC[C@H]1CN(c2cc(F)c(N3CCN(C(=O)O)CC3)c(F)c2)C(=O)O1.CC(C)=S.NC[C@H]1CN(c2cc(F)c(N3CCN(C(=O)O)CC3)c(F)c2)C(=O)O1. The van der Waals surface area contributed by atoms with Gasteiger partial charge in [-0.1, -0.05) is 39.3 Å². The highest BCUT2D eigenvalue weighted by molar-refractivity contribution is 7.80. The number of hydrogen-bond acceptors (Lipinski definition) is 11. The van der Waals surface area contributed by atoms with Crippen LogP contribution in [0.3, 0.4) is 0 Å². The third-order valence-corrected chi connectivity index (χ3v) is 9.09. The van der Waals surface area contributed by atoms with Gasteiger partial charge >= 0.3 is 24.4 Å². The number of amides is 4. The van der Waals surface area contributed by atoms with Gasteiger partial charge in [-0.2, -0.15) is 0 Å². The number of benzene rings is 2. The Morgan fingerprint density at radius 2 is 1.02 bits per heavy atom. The molecular formula is C37H52F4N8O8S2. The Balaban J connectivity index is 0.000000363. The summed E-state index contributed by atoms with van der Waals surface area (Å²) in [6.45, 7) is 7.55. The molecule has 5 N–H and O–H groups in total. The van der Waals surface area contributed by atoms with Gasteiger partial charge in [0.15, 0.2) is 23.3 Å². The molecule has 2 aromatic rings. The molecule has 59 heavy (non-hydrogen) atoms. The van der Waals surface area contributed by atoms with Crippen LogP contribution in [0.5, 0.6) is 0 Å². The van der Waals surface area contributed by atoms with Crippen LogP contribution >= 0.6 is 24.4 Å². The lowest BCUT2D eigenvalue weighted by Gasteiger charge is -2.35. The fraction of sp³-hybridized carbons (Fsp3) is 0.514. The smallest absolute Gasteiger partial charge is 0.414 e. The van der Waals surface area contributed by atoms with E-state index in [9.17, 15) is 36.7 Å². The van der Waals surface area contributed by atoms with Crippen molar-refractivity contribution in [2.24, 2.45) is 5.73 Å². The zero-order valence-corrected chi connectivity index (χ0v) is 33.0. The van der Waals surface area contributed by atoms with Gasteiger partial charge in [0.1, 0.15) is 23.6 Å². The van der Waals surface area contributed by atoms with Crippen LogP contribution in [0.4, 0.5) is 59.5 Å². The monoisotopic (exact) mass is 876 g/mol. The number of carboxylic acid groups (broad SMARTS) is 2. The van der Waals surface area contributed by atoms with Gasteiger partial charge in [0.25, 0.3) is 0 Å². The molecule has 4 heterocycles. The summed E-state index contributed by atoms with van der Waals surface area (Å²) in [6.07, 6.45) is -4.50. The van der Waals surface area contributed by atoms with Crippen LogP contribution in [0.2, 0.25) is 0 Å². The molecule has 0 unspecified atom stereocenters. The molecule has 328 valence electrons. The van der Waals surface area contributed by atoms with E-state index < -0.39 is 59.8 Å². The molecule has 4 saturated heterocycles. The molecule has 22 heteroatoms. The molecule has 0 bridgehead atoms. The molecule has 4 fully saturated rings. The fourth-order valence-electron chi connectivity index (χ4n) is 6.21. The first-order valence-corrected chi connectivity index (χ1v) is 18.5. The number of halogens is 4. The number of cyclic esters (lactones) is 2. The maximum Gasteiger partial charge on any atom is 0.414 e. The minimum Gasteiger partial charge on any atom is -0.465 e. The Morgan fingerprint density at radius 3 is 1.31 bits per heavy atom. The normalized spacial score (nSPS) is 18.6. The number of carbonyl (C=O) groups excluding carboxylic acids is 2. The average molecular weight is 877 g/mol. The van der Waals surface area contributed by atoms with E-state index in [1.807, 2.05) is 13.8 Å². The van der Waals surface area contributed by atoms with Crippen molar-refractivity contribution in [1.82, 2.24) is 15.1 Å². The van der Waals surface area contributed by atoms with Crippen molar-refractivity contribution in [3.05, 3.63) is 47.5 Å². The molecule has 4 amide bonds. The van der Waals surface area contributed by atoms with Crippen molar-refractivity contribution in [3.63, 3.8) is 0 Å². The first kappa shape index (κ1) is 49.9. The third kappa shape index (κ3) is 13.1. The number of nitrogens with two attached hydrogens (primary N) is 1. The van der Waals surface area contributed by atoms with Crippen LogP contribution < -0.4 is 30.7 Å². The van der Waals surface area contributed by atoms with Gasteiger partial charge in [0, 0.05) is 83.2 Å². The number of nitrogens with zero attached hydrogens (tertiary/aromatic N) is 6. The van der Waals surface area contributed by atoms with E-state index in [2.05, 4.69) is 17.5 Å². The summed E-state index contributed by atoms with van der Waals surface area (Å²) < 4.78 is 68.5. The van der Waals surface area contributed by atoms with E-state index in [4.69, 9.17) is 37.6 Å². The van der Waals surface area contributed by atoms with Crippen LogP contribution in [0.1, 0.15) is 35.6 Å². The summed E-state index contributed by atoms with van der Waals surface area (Å²) in [5.74, 6) is -3.27. The molecule has 0 aliphatic carbocycles. The molecule has 16 nitrogen and oxygen atoms in total. The van der Waals surface area contributed by atoms with Gasteiger partial charge in [0.05, 0.1) is 36.0 Å². The summed E-state index contributed by atoms with van der Waals surface area (Å²) in [5.41, 5.74) is 5.12. The van der Waals surface area contributed by atoms with Gasteiger partial charge in [-0.05, 0) is 25.6 Å². The van der Waals surface area contributed by atoms with Crippen LogP contribution in [-0.4, -0.2) is 145 Å². The first-order chi connectivity index (χ1) is 26.9. The second-order valence-corrected chi connectivity index (χ2v) is 14.8. The summed E-state index contributed by atoms with van der Waals surface area (Å²) in [7, 11) is 0. The van der Waals surface area contributed by atoms with Gasteiger partial charge in [-0.15, -0.1) is 0 Å². The summed E-state index contributed by atoms with van der Waals surface area (Å²) in [4.78, 5) is 54.9. The van der Waals surface area contributed by atoms with Gasteiger partial charge in [0.2, 0.25) is 0 Å². The van der Waals surface area contributed by atoms with Crippen molar-refractivity contribution >= 4 is 81.4 Å². The summed E-state index contributed by atoms with van der Waals surface area (Å²) in [5, 5.41) is 20.8. The van der Waals surface area contributed by atoms with Crippen LogP contribution in [0.25, 0.3) is 0 Å². The van der Waals surface area contributed by atoms with Crippen molar-refractivity contribution in [2.45, 2.75) is 47.8 Å². The number of thiocarbonyl (C=S) groups is 2. The highest BCUT2D eigenvalue weighted by Crippen LogP contribution is 2.33. The Bertz CT molecular complexity index is 1800. The molecule has 0 radical (unpaired) electrons. The summed E-state index contributed by atoms with van der Waals surface area (Å²) >= 11 is 9.45. The van der Waals surface area contributed by atoms with Gasteiger partial charge < -0.3 is 50.3 Å². The lowest BCUT2D eigenvalue weighted by Crippen LogP contribution is -2.48. The maximum absolute atomic E-state index is 14.7. The Kier molecular flexibility index (Phi) is 18.8. The van der Waals surface area contributed by atoms with E-state index in [1.54, 1.807) is 6.92 Å². The maximum atomic E-state index is 14.7. The zero-order valence-electron chi connectivity index (χ0n) is 31.4. The predicted molar refractivity (Wildman–Crippen MR) is 224 cm³/mol. The van der Waals surface area contributed by atoms with E-state index in [-0.39, 0.29) is 110 Å². The molecule has 2 atom stereocenters. The Labute approximate surface area is 351 Å². The quantitative estimate of drug-likeness (QED) is 0.195. The predicted octanol–water partition coefficient (Wildman–Crippen LogP) is 5.74. The van der Waals surface area contributed by atoms with Crippen LogP contribution in [0, 0.1) is 23.3 Å². The first-order valence-electron chi connectivity index (χ1n) is 17.7. The van der Waals surface area contributed by atoms with E-state index in [0.29, 0.717) is 11.5 Å². The zero-order chi connectivity index (χ0) is 42.1. The number of carbonyl (C=O) groups is 4. The molecule has 2 aromatic carbocycles. The van der Waals surface area contributed by atoms with Gasteiger partial charge in [-0.25, -0.2) is 36.7 Å². The number of anilines is 4. The molecule has 6 rings (SSSR count). The van der Waals surface area contributed by atoms with E-state index >= 15 is 0 Å². The molecular weight excluding hydrogens is 825 g/mol. The van der Waals surface area contributed by atoms with Crippen LogP contribution in [-0.2, 0) is 9.47 Å². The molecule has 0 saturated carbocycles. The molecule has 4 aliphatic heterocycles. The molecule has 0 spiro atoms. The average Bonchev–Trinajstić information content (AvgIpc) is 3.72. The highest BCUT2D eigenvalue weighted by atomic mass is 32.1. The summed E-state index contributed by atoms with van der Waals surface area (Å²) in [6, 6.07) is 4.32. The number of piperazine rings is 2. The standard InChI is InChI=1S/C17H20F2N4O4S.C15H18F2N4O4.C3H6S.2CH4/c1-10(28)20-8-12-9-23(17(26)27-12)11-6-13(18)15(14(19)7-11)21-2-4-22(5-3-21)16(24)25;16-11-5-9(21-8-10(7-18)25-15(21)24)6-12(17)13(11)19-1-3-20(4-2-19)14(22)23;1-3(2)4;;/h6-7,12H,2-5,8-9H2,1H3,(H,20,28)(H,24,25);5-6,10H,1-4,7-8,18H2,(H,22,23);1-2H3;2*1H4/t12-;10-;;;/m00.../s1. The second-order valence-electron chi connectivity index (χ2n) is 13.3. The van der Waals surface area contributed by atoms with Crippen LogP contribution in [0.15, 0.2) is 24.3 Å². The minimum absolute atomic E-state index is 0. The van der Waals surface area contributed by atoms with Crippen molar-refractivity contribution in [2.75, 3.05) is 98.1 Å². The Morgan fingerprint density at radius 1 is 0.695 bits per heavy atom. The number of nitrogens with one attached hydrogen (secondary N) is 1. The molecule has 0 aromatic heterocycles. The fourth-order valence-corrected chi connectivity index (χ4v) is 6.30. The van der Waals surface area contributed by atoms with Crippen molar-refractivity contribution in [3.8, 4) is 0 Å². The van der Waals surface area contributed by atoms with E-state index in [0.717, 1.165) is 34.0 Å². The number of ether oxygens (including phenoxy) is 2. The second kappa shape index (κ2) is 22.2. The largest absolute Gasteiger partial charge is 0.465 e. The number of hydrogen-bond donors (Lipinski definition) is 4. The highest BCUT2D eigenvalue weighted by Gasteiger charge is 2.35. The minimum atomic E-state index is -1.06. The number of rotatable bonds is 7. The van der Waals surface area contributed by atoms with Gasteiger partial charge in [-0.3, -0.25) is 9.80 Å². The van der Waals surface area contributed by atoms with Crippen molar-refractivity contribution < 1.29 is 56.4 Å². The Hall–Kier alpha value is -5.22. The molecule has 4 aliphatic rings. The van der Waals surface area contributed by atoms with E-state index in [1.165, 1.54) is 24.5 Å².